The van der Waals surface area contributed by atoms with Crippen LogP contribution in [0.15, 0.2) is 18.2 Å². The van der Waals surface area contributed by atoms with Gasteiger partial charge in [-0.3, -0.25) is 9.59 Å². The lowest BCUT2D eigenvalue weighted by Gasteiger charge is -2.10. The monoisotopic (exact) mass is 350 g/mol. The molecular weight excluding hydrogens is 335 g/mol. The van der Waals surface area contributed by atoms with Crippen molar-refractivity contribution in [3.8, 4) is 0 Å². The number of nitrogens with two attached hydrogens (primary N) is 1. The summed E-state index contributed by atoms with van der Waals surface area (Å²) in [5, 5.41) is 3.43. The summed E-state index contributed by atoms with van der Waals surface area (Å²) in [4.78, 5) is 22.9. The Kier molecular flexibility index (Phi) is 7.88. The topological polar surface area (TPSA) is 81.4 Å². The van der Waals surface area contributed by atoms with Gasteiger partial charge in [-0.15, -0.1) is 0 Å². The molecule has 0 fully saturated rings. The van der Waals surface area contributed by atoms with Crippen LogP contribution in [0.5, 0.6) is 0 Å². The van der Waals surface area contributed by atoms with E-state index >= 15 is 0 Å². The van der Waals surface area contributed by atoms with Crippen molar-refractivity contribution in [1.29, 1.82) is 0 Å². The van der Waals surface area contributed by atoms with Crippen molar-refractivity contribution in [2.75, 3.05) is 23.9 Å². The van der Waals surface area contributed by atoms with Gasteiger partial charge in [0.25, 0.3) is 0 Å². The Balaban J connectivity index is 2.34. The normalized spacial score (nSPS) is 11.8. The van der Waals surface area contributed by atoms with Crippen LogP contribution in [0.4, 0.5) is 5.69 Å². The molecule has 1 atom stereocenters. The van der Waals surface area contributed by atoms with E-state index in [1.807, 2.05) is 0 Å². The molecule has 8 heteroatoms. The molecule has 0 saturated carbocycles. The molecule has 0 aliphatic carbocycles. The number of methoxy groups -OCH3 is 1. The summed E-state index contributed by atoms with van der Waals surface area (Å²) in [6, 6.07) is 4.31. The zero-order valence-electron chi connectivity index (χ0n) is 11.4. The number of thioether (sulfide) groups is 1. The van der Waals surface area contributed by atoms with E-state index in [0.29, 0.717) is 27.2 Å². The van der Waals surface area contributed by atoms with E-state index in [-0.39, 0.29) is 12.3 Å². The van der Waals surface area contributed by atoms with Crippen LogP contribution < -0.4 is 11.1 Å². The van der Waals surface area contributed by atoms with E-state index in [0.717, 1.165) is 0 Å². The molecule has 0 aliphatic rings. The second-order valence-corrected chi connectivity index (χ2v) is 6.06. The van der Waals surface area contributed by atoms with Gasteiger partial charge >= 0.3 is 5.97 Å². The number of carbonyl (C=O) groups is 2. The van der Waals surface area contributed by atoms with Gasteiger partial charge in [-0.05, 0) is 12.1 Å². The maximum absolute atomic E-state index is 11.8. The fourth-order valence-electron chi connectivity index (χ4n) is 1.41. The molecule has 1 amide bonds. The highest BCUT2D eigenvalue weighted by Crippen LogP contribution is 2.29. The third-order valence-electron chi connectivity index (χ3n) is 2.50. The van der Waals surface area contributed by atoms with Gasteiger partial charge in [0.05, 0.1) is 22.8 Å². The molecule has 1 aromatic carbocycles. The minimum Gasteiger partial charge on any atom is -0.468 e. The number of para-hydroxylation sites is 1. The third kappa shape index (κ3) is 6.13. The van der Waals surface area contributed by atoms with Crippen molar-refractivity contribution in [3.63, 3.8) is 0 Å². The second-order valence-electron chi connectivity index (χ2n) is 4.10. The van der Waals surface area contributed by atoms with E-state index in [2.05, 4.69) is 10.1 Å². The number of benzene rings is 1. The number of hydrogen-bond acceptors (Lipinski definition) is 5. The van der Waals surface area contributed by atoms with Gasteiger partial charge in [0.1, 0.15) is 6.04 Å². The summed E-state index contributed by atoms with van der Waals surface area (Å²) in [5.41, 5.74) is 5.98. The van der Waals surface area contributed by atoms with Gasteiger partial charge in [-0.25, -0.2) is 0 Å². The zero-order valence-corrected chi connectivity index (χ0v) is 13.7. The first-order valence-electron chi connectivity index (χ1n) is 6.10. The fraction of sp³-hybridized carbons (Fsp3) is 0.385. The maximum atomic E-state index is 11.8. The maximum Gasteiger partial charge on any atom is 0.323 e. The Morgan fingerprint density at radius 3 is 2.57 bits per heavy atom. The Bertz CT molecular complexity index is 494. The number of nitrogens with one attached hydrogen (secondary N) is 1. The van der Waals surface area contributed by atoms with E-state index < -0.39 is 12.0 Å². The Morgan fingerprint density at radius 1 is 1.38 bits per heavy atom. The predicted octanol–water partition coefficient (Wildman–Crippen LogP) is 2.56. The van der Waals surface area contributed by atoms with Gasteiger partial charge in [-0.1, -0.05) is 29.3 Å². The van der Waals surface area contributed by atoms with Crippen LogP contribution >= 0.6 is 35.0 Å². The Morgan fingerprint density at radius 2 is 2.00 bits per heavy atom. The van der Waals surface area contributed by atoms with Crippen molar-refractivity contribution in [2.45, 2.75) is 12.5 Å². The van der Waals surface area contributed by atoms with Gasteiger partial charge < -0.3 is 15.8 Å². The standard InChI is InChI=1S/C13H16Cl2N2O3S/c1-20-13(19)10(16)7-21-6-5-11(18)17-12-8(14)3-2-4-9(12)15/h2-4,10H,5-7,16H2,1H3,(H,17,18). The molecule has 1 aromatic rings. The lowest BCUT2D eigenvalue weighted by molar-refractivity contribution is -0.141. The van der Waals surface area contributed by atoms with Gasteiger partial charge in [-0.2, -0.15) is 11.8 Å². The van der Waals surface area contributed by atoms with Crippen LogP contribution in [0.3, 0.4) is 0 Å². The van der Waals surface area contributed by atoms with Crippen LogP contribution in [-0.2, 0) is 14.3 Å². The lowest BCUT2D eigenvalue weighted by Crippen LogP contribution is -2.34. The van der Waals surface area contributed by atoms with Crippen LogP contribution in [0.1, 0.15) is 6.42 Å². The van der Waals surface area contributed by atoms with Crippen molar-refractivity contribution >= 4 is 52.5 Å². The minimum absolute atomic E-state index is 0.205. The summed E-state index contributed by atoms with van der Waals surface area (Å²) in [6.45, 7) is 0. The molecule has 3 N–H and O–H groups in total. The second kappa shape index (κ2) is 9.15. The molecule has 0 heterocycles. The van der Waals surface area contributed by atoms with Crippen molar-refractivity contribution in [2.24, 2.45) is 5.73 Å². The molecule has 5 nitrogen and oxygen atoms in total. The van der Waals surface area contributed by atoms with Crippen LogP contribution in [-0.4, -0.2) is 36.5 Å². The molecule has 0 radical (unpaired) electrons. The molecule has 116 valence electrons. The molecule has 0 spiro atoms. The highest BCUT2D eigenvalue weighted by Gasteiger charge is 2.14. The van der Waals surface area contributed by atoms with Gasteiger partial charge in [0.15, 0.2) is 0 Å². The molecule has 0 aliphatic heterocycles. The molecular formula is C13H16Cl2N2O3S. The average molecular weight is 351 g/mol. The highest BCUT2D eigenvalue weighted by atomic mass is 35.5. The van der Waals surface area contributed by atoms with E-state index in [4.69, 9.17) is 28.9 Å². The number of rotatable bonds is 7. The fourth-order valence-corrected chi connectivity index (χ4v) is 2.79. The molecule has 0 aromatic heterocycles. The molecule has 1 unspecified atom stereocenters. The molecule has 21 heavy (non-hydrogen) atoms. The van der Waals surface area contributed by atoms with Crippen LogP contribution in [0.2, 0.25) is 10.0 Å². The van der Waals surface area contributed by atoms with E-state index in [9.17, 15) is 9.59 Å². The van der Waals surface area contributed by atoms with E-state index in [1.54, 1.807) is 18.2 Å². The summed E-state index contributed by atoms with van der Waals surface area (Å²) in [6.07, 6.45) is 0.264. The van der Waals surface area contributed by atoms with Crippen molar-refractivity contribution in [1.82, 2.24) is 0 Å². The Labute approximate surface area is 137 Å². The average Bonchev–Trinajstić information content (AvgIpc) is 2.46. The van der Waals surface area contributed by atoms with E-state index in [1.165, 1.54) is 18.9 Å². The largest absolute Gasteiger partial charge is 0.468 e. The molecule has 1 rings (SSSR count). The van der Waals surface area contributed by atoms with Gasteiger partial charge in [0, 0.05) is 17.9 Å². The summed E-state index contributed by atoms with van der Waals surface area (Å²) < 4.78 is 4.51. The molecule has 0 bridgehead atoms. The number of anilines is 1. The lowest BCUT2D eigenvalue weighted by atomic mass is 10.3. The number of hydrogen-bond donors (Lipinski definition) is 2. The zero-order chi connectivity index (χ0) is 15.8. The van der Waals surface area contributed by atoms with Crippen molar-refractivity contribution in [3.05, 3.63) is 28.2 Å². The number of amides is 1. The highest BCUT2D eigenvalue weighted by molar-refractivity contribution is 7.99. The minimum atomic E-state index is -0.680. The van der Waals surface area contributed by atoms with Gasteiger partial charge in [0.2, 0.25) is 5.91 Å². The first kappa shape index (κ1) is 18.1. The van der Waals surface area contributed by atoms with Crippen LogP contribution in [0, 0.1) is 0 Å². The number of carbonyl (C=O) groups excluding carboxylic acids is 2. The summed E-state index contributed by atoms with van der Waals surface area (Å²) in [7, 11) is 1.29. The Hall–Kier alpha value is -0.950. The smallest absolute Gasteiger partial charge is 0.323 e. The SMILES string of the molecule is COC(=O)C(N)CSCCC(=O)Nc1c(Cl)cccc1Cl. The quantitative estimate of drug-likeness (QED) is 0.583. The first-order valence-corrected chi connectivity index (χ1v) is 8.01. The first-order chi connectivity index (χ1) is 9.95. The predicted molar refractivity (Wildman–Crippen MR) is 87.0 cm³/mol. The third-order valence-corrected chi connectivity index (χ3v) is 4.22. The number of esters is 1. The summed E-state index contributed by atoms with van der Waals surface area (Å²) >= 11 is 13.3. The van der Waals surface area contributed by atoms with Crippen LogP contribution in [0.25, 0.3) is 0 Å². The number of halogens is 2. The molecule has 0 saturated heterocycles. The number of ether oxygens (including phenoxy) is 1. The summed E-state index contributed by atoms with van der Waals surface area (Å²) in [5.74, 6) is 0.254. The van der Waals surface area contributed by atoms with Crippen molar-refractivity contribution < 1.29 is 14.3 Å².